The standard InChI is InChI=1S/C31H32N2O3S/c1-22-17-19-27(20-18-22)37(35,36)33(29-16-10-12-23(2)25(29)4)21-30(34)32-31(26-13-6-5-7-14-26)28-15-9-8-11-24(28)3/h5-20,31H,21H2,1-4H3,(H,32,34)/t31-/m1/s1. The lowest BCUT2D eigenvalue weighted by Gasteiger charge is -2.28. The number of carbonyl (C=O) groups excluding carboxylic acids is 1. The van der Waals surface area contributed by atoms with E-state index < -0.39 is 22.0 Å². The second kappa shape index (κ2) is 11.0. The third kappa shape index (κ3) is 5.75. The third-order valence-electron chi connectivity index (χ3n) is 6.68. The molecule has 6 heteroatoms. The summed E-state index contributed by atoms with van der Waals surface area (Å²) < 4.78 is 29.0. The van der Waals surface area contributed by atoms with Gasteiger partial charge in [-0.15, -0.1) is 0 Å². The number of carbonyl (C=O) groups is 1. The lowest BCUT2D eigenvalue weighted by atomic mass is 9.95. The first-order chi connectivity index (χ1) is 17.7. The summed E-state index contributed by atoms with van der Waals surface area (Å²) in [6, 6.07) is 29.4. The number of aryl methyl sites for hydroxylation is 3. The average molecular weight is 513 g/mol. The highest BCUT2D eigenvalue weighted by molar-refractivity contribution is 7.92. The topological polar surface area (TPSA) is 66.5 Å². The van der Waals surface area contributed by atoms with Crippen molar-refractivity contribution >= 4 is 21.6 Å². The highest BCUT2D eigenvalue weighted by atomic mass is 32.2. The zero-order valence-corrected chi connectivity index (χ0v) is 22.4. The fourth-order valence-electron chi connectivity index (χ4n) is 4.38. The predicted molar refractivity (Wildman–Crippen MR) is 149 cm³/mol. The summed E-state index contributed by atoms with van der Waals surface area (Å²) in [6.07, 6.45) is 0. The summed E-state index contributed by atoms with van der Waals surface area (Å²) in [5, 5.41) is 3.11. The van der Waals surface area contributed by atoms with Crippen LogP contribution in [0.5, 0.6) is 0 Å². The van der Waals surface area contributed by atoms with Crippen molar-refractivity contribution in [3.8, 4) is 0 Å². The second-order valence-corrected chi connectivity index (χ2v) is 11.2. The molecular weight excluding hydrogens is 480 g/mol. The minimum Gasteiger partial charge on any atom is -0.344 e. The van der Waals surface area contributed by atoms with Crippen molar-refractivity contribution in [1.82, 2.24) is 5.32 Å². The third-order valence-corrected chi connectivity index (χ3v) is 8.45. The number of sulfonamides is 1. The average Bonchev–Trinajstić information content (AvgIpc) is 2.89. The van der Waals surface area contributed by atoms with Gasteiger partial charge in [0.2, 0.25) is 5.91 Å². The minimum absolute atomic E-state index is 0.144. The molecule has 5 nitrogen and oxygen atoms in total. The molecule has 0 saturated heterocycles. The number of amides is 1. The van der Waals surface area contributed by atoms with Crippen LogP contribution in [0.1, 0.15) is 39.4 Å². The summed E-state index contributed by atoms with van der Waals surface area (Å²) in [7, 11) is -4.01. The van der Waals surface area contributed by atoms with Gasteiger partial charge in [-0.2, -0.15) is 0 Å². The normalized spacial score (nSPS) is 12.1. The van der Waals surface area contributed by atoms with Crippen molar-refractivity contribution in [3.05, 3.63) is 130 Å². The molecule has 4 aromatic carbocycles. The Balaban J connectivity index is 1.73. The lowest BCUT2D eigenvalue weighted by molar-refractivity contribution is -0.120. The fourth-order valence-corrected chi connectivity index (χ4v) is 5.86. The molecule has 190 valence electrons. The van der Waals surface area contributed by atoms with Gasteiger partial charge in [-0.3, -0.25) is 9.10 Å². The molecule has 1 N–H and O–H groups in total. The Kier molecular flexibility index (Phi) is 7.79. The number of nitrogens with one attached hydrogen (secondary N) is 1. The summed E-state index contributed by atoms with van der Waals surface area (Å²) in [6.45, 7) is 7.36. The molecule has 0 unspecified atom stereocenters. The number of nitrogens with zero attached hydrogens (tertiary/aromatic N) is 1. The molecule has 0 fully saturated rings. The number of rotatable bonds is 8. The molecule has 4 aromatic rings. The Morgan fingerprint density at radius 2 is 1.38 bits per heavy atom. The molecule has 0 aromatic heterocycles. The van der Waals surface area contributed by atoms with E-state index in [9.17, 15) is 13.2 Å². The van der Waals surface area contributed by atoms with Crippen LogP contribution in [0.25, 0.3) is 0 Å². The van der Waals surface area contributed by atoms with E-state index in [1.165, 1.54) is 4.31 Å². The predicted octanol–water partition coefficient (Wildman–Crippen LogP) is 6.02. The summed E-state index contributed by atoms with van der Waals surface area (Å²) in [5.74, 6) is -0.395. The Morgan fingerprint density at radius 3 is 2.05 bits per heavy atom. The molecular formula is C31H32N2O3S. The highest BCUT2D eigenvalue weighted by Crippen LogP contribution is 2.30. The summed E-state index contributed by atoms with van der Waals surface area (Å²) in [5.41, 5.74) is 6.12. The molecule has 1 atom stereocenters. The van der Waals surface area contributed by atoms with Crippen LogP contribution in [0, 0.1) is 27.7 Å². The van der Waals surface area contributed by atoms with E-state index in [1.807, 2.05) is 94.4 Å². The van der Waals surface area contributed by atoms with Gasteiger partial charge in [0.25, 0.3) is 10.0 Å². The van der Waals surface area contributed by atoms with E-state index in [-0.39, 0.29) is 11.4 Å². The molecule has 0 saturated carbocycles. The Morgan fingerprint density at radius 1 is 0.757 bits per heavy atom. The van der Waals surface area contributed by atoms with Gasteiger partial charge in [-0.05, 0) is 73.7 Å². The van der Waals surface area contributed by atoms with Gasteiger partial charge < -0.3 is 5.32 Å². The Bertz CT molecular complexity index is 1500. The van der Waals surface area contributed by atoms with E-state index in [0.717, 1.165) is 33.4 Å². The van der Waals surface area contributed by atoms with Gasteiger partial charge in [-0.25, -0.2) is 8.42 Å². The van der Waals surface area contributed by atoms with E-state index >= 15 is 0 Å². The molecule has 0 aliphatic rings. The van der Waals surface area contributed by atoms with Crippen LogP contribution >= 0.6 is 0 Å². The lowest BCUT2D eigenvalue weighted by Crippen LogP contribution is -2.42. The molecule has 0 heterocycles. The minimum atomic E-state index is -4.01. The summed E-state index contributed by atoms with van der Waals surface area (Å²) >= 11 is 0. The van der Waals surface area contributed by atoms with Crippen molar-refractivity contribution in [1.29, 1.82) is 0 Å². The number of benzene rings is 4. The van der Waals surface area contributed by atoms with E-state index in [4.69, 9.17) is 0 Å². The smallest absolute Gasteiger partial charge is 0.264 e. The van der Waals surface area contributed by atoms with Crippen molar-refractivity contribution < 1.29 is 13.2 Å². The number of anilines is 1. The maximum atomic E-state index is 13.9. The fraction of sp³-hybridized carbons (Fsp3) is 0.194. The van der Waals surface area contributed by atoms with Crippen LogP contribution < -0.4 is 9.62 Å². The first-order valence-electron chi connectivity index (χ1n) is 12.2. The monoisotopic (exact) mass is 512 g/mol. The highest BCUT2D eigenvalue weighted by Gasteiger charge is 2.30. The first kappa shape index (κ1) is 26.2. The zero-order valence-electron chi connectivity index (χ0n) is 21.6. The van der Waals surface area contributed by atoms with Gasteiger partial charge in [0, 0.05) is 0 Å². The molecule has 0 radical (unpaired) electrons. The molecule has 0 aliphatic heterocycles. The van der Waals surface area contributed by atoms with Gasteiger partial charge in [-0.1, -0.05) is 84.4 Å². The Labute approximate surface area is 219 Å². The SMILES string of the molecule is Cc1ccc(S(=O)(=O)N(CC(=O)N[C@H](c2ccccc2)c2ccccc2C)c2cccc(C)c2C)cc1. The van der Waals surface area contributed by atoms with Gasteiger partial charge in [0.1, 0.15) is 6.54 Å². The second-order valence-electron chi connectivity index (χ2n) is 9.31. The molecule has 0 bridgehead atoms. The van der Waals surface area contributed by atoms with Crippen molar-refractivity contribution in [2.24, 2.45) is 0 Å². The van der Waals surface area contributed by atoms with Crippen LogP contribution in [0.15, 0.2) is 102 Å². The molecule has 0 spiro atoms. The zero-order chi connectivity index (χ0) is 26.6. The van der Waals surface area contributed by atoms with Crippen LogP contribution in [-0.2, 0) is 14.8 Å². The van der Waals surface area contributed by atoms with Gasteiger partial charge in [0.15, 0.2) is 0 Å². The quantitative estimate of drug-likeness (QED) is 0.314. The maximum absolute atomic E-state index is 13.9. The number of hydrogen-bond acceptors (Lipinski definition) is 3. The molecule has 37 heavy (non-hydrogen) atoms. The van der Waals surface area contributed by atoms with Crippen molar-refractivity contribution in [3.63, 3.8) is 0 Å². The van der Waals surface area contributed by atoms with Crippen LogP contribution in [0.3, 0.4) is 0 Å². The van der Waals surface area contributed by atoms with Gasteiger partial charge in [0.05, 0.1) is 16.6 Å². The van der Waals surface area contributed by atoms with E-state index in [0.29, 0.717) is 5.69 Å². The van der Waals surface area contributed by atoms with Crippen LogP contribution in [0.4, 0.5) is 5.69 Å². The van der Waals surface area contributed by atoms with E-state index in [1.54, 1.807) is 30.3 Å². The Hall–Kier alpha value is -3.90. The largest absolute Gasteiger partial charge is 0.344 e. The summed E-state index contributed by atoms with van der Waals surface area (Å²) in [4.78, 5) is 13.8. The molecule has 4 rings (SSSR count). The van der Waals surface area contributed by atoms with E-state index in [2.05, 4.69) is 5.32 Å². The molecule has 1 amide bonds. The van der Waals surface area contributed by atoms with Crippen molar-refractivity contribution in [2.45, 2.75) is 38.6 Å². The van der Waals surface area contributed by atoms with Crippen LogP contribution in [-0.4, -0.2) is 20.9 Å². The van der Waals surface area contributed by atoms with Crippen molar-refractivity contribution in [2.75, 3.05) is 10.8 Å². The number of hydrogen-bond donors (Lipinski definition) is 1. The first-order valence-corrected chi connectivity index (χ1v) is 13.7. The molecule has 0 aliphatic carbocycles. The van der Waals surface area contributed by atoms with Crippen LogP contribution in [0.2, 0.25) is 0 Å². The maximum Gasteiger partial charge on any atom is 0.264 e. The van der Waals surface area contributed by atoms with Gasteiger partial charge >= 0.3 is 0 Å².